The van der Waals surface area contributed by atoms with Gasteiger partial charge >= 0.3 is 0 Å². The Morgan fingerprint density at radius 3 is 2.51 bits per heavy atom. The second-order valence-corrected chi connectivity index (χ2v) is 10.0. The summed E-state index contributed by atoms with van der Waals surface area (Å²) in [5, 5.41) is 0.541. The molecule has 4 rings (SSSR count). The molecule has 2 amide bonds. The Bertz CT molecular complexity index is 1040. The van der Waals surface area contributed by atoms with E-state index in [0.717, 1.165) is 49.4 Å². The van der Waals surface area contributed by atoms with E-state index >= 15 is 0 Å². The Morgan fingerprint density at radius 2 is 1.86 bits per heavy atom. The highest BCUT2D eigenvalue weighted by Crippen LogP contribution is 2.37. The average Bonchev–Trinajstić information content (AvgIpc) is 3.68. The number of hydrogen-bond acceptors (Lipinski definition) is 6. The maximum atomic E-state index is 13.6. The van der Waals surface area contributed by atoms with Gasteiger partial charge in [0, 0.05) is 69.2 Å². The standard InChI is InChI=1S/C26H34ClN5O3/c1-18(2)30-9-4-10-32(24(33)17-35-3)23-13-22(27)8-7-20(23)16-31(12-11-30)26(34)21-14-28-25(29-15-21)19-5-6-19/h7-8,13-15,18-19H,4-6,9-12,16-17H2,1-3H3. The van der Waals surface area contributed by atoms with Crippen LogP contribution >= 0.6 is 11.6 Å². The molecule has 188 valence electrons. The van der Waals surface area contributed by atoms with Crippen molar-refractivity contribution in [1.82, 2.24) is 19.8 Å². The molecule has 2 heterocycles. The molecule has 0 unspecified atom stereocenters. The molecule has 2 aromatic rings. The van der Waals surface area contributed by atoms with Crippen molar-refractivity contribution in [2.45, 2.75) is 51.6 Å². The minimum absolute atomic E-state index is 0.0207. The summed E-state index contributed by atoms with van der Waals surface area (Å²) in [7, 11) is 1.51. The molecule has 0 atom stereocenters. The lowest BCUT2D eigenvalue weighted by Gasteiger charge is -2.30. The molecule has 1 saturated carbocycles. The maximum Gasteiger partial charge on any atom is 0.257 e. The Kier molecular flexibility index (Phi) is 8.36. The zero-order chi connectivity index (χ0) is 24.9. The van der Waals surface area contributed by atoms with Gasteiger partial charge in [0.05, 0.1) is 11.3 Å². The quantitative estimate of drug-likeness (QED) is 0.623. The molecule has 0 spiro atoms. The van der Waals surface area contributed by atoms with Crippen molar-refractivity contribution in [3.63, 3.8) is 0 Å². The Morgan fingerprint density at radius 1 is 1.11 bits per heavy atom. The highest BCUT2D eigenvalue weighted by Gasteiger charge is 2.28. The summed E-state index contributed by atoms with van der Waals surface area (Å²) < 4.78 is 5.15. The minimum Gasteiger partial charge on any atom is -0.375 e. The molecule has 0 saturated heterocycles. The molecular weight excluding hydrogens is 466 g/mol. The van der Waals surface area contributed by atoms with Gasteiger partial charge in [-0.1, -0.05) is 17.7 Å². The zero-order valence-electron chi connectivity index (χ0n) is 20.7. The third-order valence-electron chi connectivity index (χ3n) is 6.63. The van der Waals surface area contributed by atoms with Crippen molar-refractivity contribution < 1.29 is 14.3 Å². The van der Waals surface area contributed by atoms with Crippen molar-refractivity contribution in [2.75, 3.05) is 44.8 Å². The normalized spacial score (nSPS) is 17.7. The fourth-order valence-electron chi connectivity index (χ4n) is 4.45. The van der Waals surface area contributed by atoms with E-state index in [-0.39, 0.29) is 18.4 Å². The Labute approximate surface area is 212 Å². The van der Waals surface area contributed by atoms with Gasteiger partial charge in [-0.15, -0.1) is 0 Å². The van der Waals surface area contributed by atoms with E-state index in [0.29, 0.717) is 42.2 Å². The van der Waals surface area contributed by atoms with E-state index < -0.39 is 0 Å². The molecule has 9 heteroatoms. The van der Waals surface area contributed by atoms with Crippen LogP contribution in [0.2, 0.25) is 5.02 Å². The van der Waals surface area contributed by atoms with Gasteiger partial charge < -0.3 is 14.5 Å². The van der Waals surface area contributed by atoms with Crippen LogP contribution in [-0.4, -0.2) is 77.5 Å². The Hall–Kier alpha value is -2.55. The summed E-state index contributed by atoms with van der Waals surface area (Å²) in [4.78, 5) is 41.4. The molecule has 2 aliphatic rings. The highest BCUT2D eigenvalue weighted by atomic mass is 35.5. The number of methoxy groups -OCH3 is 1. The number of benzene rings is 1. The summed E-state index contributed by atoms with van der Waals surface area (Å²) in [5.74, 6) is 1.00. The fraction of sp³-hybridized carbons (Fsp3) is 0.538. The molecule has 0 radical (unpaired) electrons. The van der Waals surface area contributed by atoms with Crippen molar-refractivity contribution >= 4 is 29.1 Å². The predicted molar refractivity (Wildman–Crippen MR) is 136 cm³/mol. The molecule has 35 heavy (non-hydrogen) atoms. The largest absolute Gasteiger partial charge is 0.375 e. The van der Waals surface area contributed by atoms with E-state index in [2.05, 4.69) is 28.7 Å². The molecule has 1 aliphatic carbocycles. The van der Waals surface area contributed by atoms with Crippen LogP contribution in [0.1, 0.15) is 60.8 Å². The fourth-order valence-corrected chi connectivity index (χ4v) is 4.62. The van der Waals surface area contributed by atoms with Crippen molar-refractivity contribution in [3.8, 4) is 0 Å². The smallest absolute Gasteiger partial charge is 0.257 e. The first kappa shape index (κ1) is 25.5. The second kappa shape index (κ2) is 11.5. The summed E-state index contributed by atoms with van der Waals surface area (Å²) in [6.45, 7) is 7.27. The third-order valence-corrected chi connectivity index (χ3v) is 6.87. The first-order chi connectivity index (χ1) is 16.9. The van der Waals surface area contributed by atoms with Crippen LogP contribution in [-0.2, 0) is 16.1 Å². The maximum absolute atomic E-state index is 13.6. The first-order valence-corrected chi connectivity index (χ1v) is 12.7. The predicted octanol–water partition coefficient (Wildman–Crippen LogP) is 3.74. The second-order valence-electron chi connectivity index (χ2n) is 9.57. The zero-order valence-corrected chi connectivity index (χ0v) is 21.5. The number of amides is 2. The van der Waals surface area contributed by atoms with Gasteiger partial charge in [0.15, 0.2) is 0 Å². The number of halogens is 1. The lowest BCUT2D eigenvalue weighted by Crippen LogP contribution is -2.41. The van der Waals surface area contributed by atoms with Gasteiger partial charge in [0.1, 0.15) is 12.4 Å². The van der Waals surface area contributed by atoms with Crippen LogP contribution < -0.4 is 4.90 Å². The molecule has 0 bridgehead atoms. The number of carbonyl (C=O) groups is 2. The number of fused-ring (bicyclic) bond motifs is 1. The summed E-state index contributed by atoms with van der Waals surface area (Å²) in [6, 6.07) is 5.82. The van der Waals surface area contributed by atoms with Crippen LogP contribution in [0.15, 0.2) is 30.6 Å². The molecule has 0 N–H and O–H groups in total. The number of hydrogen-bond donors (Lipinski definition) is 0. The number of aromatic nitrogens is 2. The minimum atomic E-state index is -0.131. The van der Waals surface area contributed by atoms with Crippen molar-refractivity contribution in [1.29, 1.82) is 0 Å². The van der Waals surface area contributed by atoms with E-state index in [1.807, 2.05) is 11.0 Å². The summed E-state index contributed by atoms with van der Waals surface area (Å²) in [6.07, 6.45) is 6.31. The van der Waals surface area contributed by atoms with Gasteiger partial charge in [0.2, 0.25) is 0 Å². The first-order valence-electron chi connectivity index (χ1n) is 12.3. The number of anilines is 1. The van der Waals surface area contributed by atoms with Crippen LogP contribution in [0.3, 0.4) is 0 Å². The molecule has 1 aromatic heterocycles. The summed E-state index contributed by atoms with van der Waals surface area (Å²) in [5.41, 5.74) is 2.06. The SMILES string of the molecule is COCC(=O)N1CCCN(C(C)C)CCN(C(=O)c2cnc(C3CC3)nc2)Cc2ccc(Cl)cc21. The van der Waals surface area contributed by atoms with Crippen molar-refractivity contribution in [2.24, 2.45) is 0 Å². The van der Waals surface area contributed by atoms with Gasteiger partial charge in [-0.05, 0) is 50.8 Å². The van der Waals surface area contributed by atoms with Gasteiger partial charge in [-0.2, -0.15) is 0 Å². The van der Waals surface area contributed by atoms with Crippen molar-refractivity contribution in [3.05, 3.63) is 52.6 Å². The number of rotatable bonds is 5. The van der Waals surface area contributed by atoms with E-state index in [9.17, 15) is 9.59 Å². The van der Waals surface area contributed by atoms with E-state index in [1.165, 1.54) is 7.11 Å². The van der Waals surface area contributed by atoms with Gasteiger partial charge in [0.25, 0.3) is 11.8 Å². The number of carbonyl (C=O) groups excluding carboxylic acids is 2. The molecule has 1 fully saturated rings. The molecule has 8 nitrogen and oxygen atoms in total. The highest BCUT2D eigenvalue weighted by molar-refractivity contribution is 6.31. The lowest BCUT2D eigenvalue weighted by molar-refractivity contribution is -0.122. The van der Waals surface area contributed by atoms with Gasteiger partial charge in [-0.3, -0.25) is 14.5 Å². The van der Waals surface area contributed by atoms with E-state index in [1.54, 1.807) is 29.4 Å². The molecular formula is C26H34ClN5O3. The van der Waals surface area contributed by atoms with Crippen LogP contribution in [0.4, 0.5) is 5.69 Å². The average molecular weight is 500 g/mol. The summed E-state index contributed by atoms with van der Waals surface area (Å²) >= 11 is 6.35. The van der Waals surface area contributed by atoms with Crippen LogP contribution in [0, 0.1) is 0 Å². The lowest BCUT2D eigenvalue weighted by atomic mass is 10.1. The van der Waals surface area contributed by atoms with Crippen LogP contribution in [0.5, 0.6) is 0 Å². The van der Waals surface area contributed by atoms with Gasteiger partial charge in [-0.25, -0.2) is 9.97 Å². The van der Waals surface area contributed by atoms with Crippen LogP contribution in [0.25, 0.3) is 0 Å². The molecule has 1 aromatic carbocycles. The van der Waals surface area contributed by atoms with E-state index in [4.69, 9.17) is 16.3 Å². The molecule has 1 aliphatic heterocycles. The monoisotopic (exact) mass is 499 g/mol. The topological polar surface area (TPSA) is 78.9 Å². The third kappa shape index (κ3) is 6.37. The number of nitrogens with zero attached hydrogens (tertiary/aromatic N) is 5. The Balaban J connectivity index is 1.68. The number of ether oxygens (including phenoxy) is 1.